The Morgan fingerprint density at radius 3 is 2.40 bits per heavy atom. The Morgan fingerprint density at radius 2 is 1.87 bits per heavy atom. The molecule has 0 bridgehead atoms. The Kier molecular flexibility index (Phi) is 3.15. The van der Waals surface area contributed by atoms with Crippen molar-refractivity contribution in [2.75, 3.05) is 0 Å². The largest absolute Gasteiger partial charge is 0.249 e. The van der Waals surface area contributed by atoms with E-state index >= 15 is 0 Å². The zero-order valence-electron chi connectivity index (χ0n) is 10.0. The van der Waals surface area contributed by atoms with Gasteiger partial charge in [-0.3, -0.25) is 0 Å². The lowest BCUT2D eigenvalue weighted by atomic mass is 9.89. The van der Waals surface area contributed by atoms with Crippen molar-refractivity contribution in [1.29, 1.82) is 0 Å². The Hall–Kier alpha value is -0.370. The van der Waals surface area contributed by atoms with Gasteiger partial charge in [0.05, 0.1) is 5.01 Å². The Bertz CT molecular complexity index is 316. The van der Waals surface area contributed by atoms with E-state index in [1.165, 1.54) is 42.0 Å². The van der Waals surface area contributed by atoms with Gasteiger partial charge in [0.25, 0.3) is 0 Å². The van der Waals surface area contributed by atoms with E-state index in [2.05, 4.69) is 32.0 Å². The molecule has 0 aliphatic heterocycles. The molecule has 84 valence electrons. The van der Waals surface area contributed by atoms with E-state index in [4.69, 9.17) is 0 Å². The summed E-state index contributed by atoms with van der Waals surface area (Å²) in [6.45, 7) is 6.74. The molecule has 0 aromatic carbocycles. The smallest absolute Gasteiger partial charge is 0.0981 e. The average Bonchev–Trinajstić information content (AvgIpc) is 2.67. The Morgan fingerprint density at radius 1 is 1.20 bits per heavy atom. The lowest BCUT2D eigenvalue weighted by Crippen LogP contribution is -2.09. The van der Waals surface area contributed by atoms with E-state index in [1.807, 2.05) is 11.3 Å². The first-order valence-electron chi connectivity index (χ1n) is 6.03. The highest BCUT2D eigenvalue weighted by Crippen LogP contribution is 2.37. The van der Waals surface area contributed by atoms with Crippen LogP contribution in [0.4, 0.5) is 0 Å². The van der Waals surface area contributed by atoms with Gasteiger partial charge in [0.15, 0.2) is 0 Å². The number of thiazole rings is 1. The quantitative estimate of drug-likeness (QED) is 0.683. The van der Waals surface area contributed by atoms with Crippen LogP contribution in [0.5, 0.6) is 0 Å². The number of hydrogen-bond donors (Lipinski definition) is 0. The monoisotopic (exact) mass is 223 g/mol. The van der Waals surface area contributed by atoms with E-state index < -0.39 is 0 Å². The van der Waals surface area contributed by atoms with Crippen LogP contribution in [0, 0.1) is 0 Å². The maximum absolute atomic E-state index is 4.58. The number of hydrogen-bond acceptors (Lipinski definition) is 2. The van der Waals surface area contributed by atoms with Crippen molar-refractivity contribution < 1.29 is 0 Å². The molecule has 0 spiro atoms. The van der Waals surface area contributed by atoms with Gasteiger partial charge in [-0.25, -0.2) is 4.98 Å². The van der Waals surface area contributed by atoms with E-state index in [0.717, 1.165) is 5.92 Å². The van der Waals surface area contributed by atoms with Crippen molar-refractivity contribution >= 4 is 11.3 Å². The van der Waals surface area contributed by atoms with Crippen LogP contribution in [0.2, 0.25) is 0 Å². The Balaban J connectivity index is 2.12. The van der Waals surface area contributed by atoms with Crippen molar-refractivity contribution in [3.8, 4) is 0 Å². The molecule has 0 amide bonds. The van der Waals surface area contributed by atoms with Gasteiger partial charge < -0.3 is 0 Å². The van der Waals surface area contributed by atoms with Gasteiger partial charge in [0.2, 0.25) is 0 Å². The summed E-state index contributed by atoms with van der Waals surface area (Å²) in [5.74, 6) is 0.812. The lowest BCUT2D eigenvalue weighted by molar-refractivity contribution is 0.448. The van der Waals surface area contributed by atoms with Gasteiger partial charge in [0, 0.05) is 16.5 Å². The molecule has 1 fully saturated rings. The minimum absolute atomic E-state index is 0.220. The van der Waals surface area contributed by atoms with Gasteiger partial charge in [-0.15, -0.1) is 11.3 Å². The molecule has 0 N–H and O–H groups in total. The van der Waals surface area contributed by atoms with Gasteiger partial charge >= 0.3 is 0 Å². The summed E-state index contributed by atoms with van der Waals surface area (Å²) >= 11 is 1.94. The summed E-state index contributed by atoms with van der Waals surface area (Å²) in [5.41, 5.74) is 0.220. The van der Waals surface area contributed by atoms with Gasteiger partial charge in [-0.05, 0) is 18.8 Å². The van der Waals surface area contributed by atoms with Crippen LogP contribution in [-0.2, 0) is 5.41 Å². The molecule has 0 saturated heterocycles. The first-order chi connectivity index (χ1) is 7.07. The molecular weight excluding hydrogens is 202 g/mol. The second-order valence-electron chi connectivity index (χ2n) is 5.65. The standard InChI is InChI=1S/C13H21NS/c1-13(2,3)12-14-9-11(15-12)10-7-5-4-6-8-10/h9-10H,4-8H2,1-3H3. The number of aromatic nitrogens is 1. The topological polar surface area (TPSA) is 12.9 Å². The summed E-state index contributed by atoms with van der Waals surface area (Å²) in [5, 5.41) is 1.29. The number of rotatable bonds is 1. The van der Waals surface area contributed by atoms with Crippen LogP contribution in [0.25, 0.3) is 0 Å². The molecule has 1 aromatic rings. The first-order valence-corrected chi connectivity index (χ1v) is 6.85. The Labute approximate surface area is 96.9 Å². The number of nitrogens with zero attached hydrogens (tertiary/aromatic N) is 1. The van der Waals surface area contributed by atoms with E-state index in [-0.39, 0.29) is 5.41 Å². The lowest BCUT2D eigenvalue weighted by Gasteiger charge is -2.20. The first kappa shape index (κ1) is 11.1. The zero-order chi connectivity index (χ0) is 10.9. The van der Waals surface area contributed by atoms with E-state index in [1.54, 1.807) is 0 Å². The predicted octanol–water partition coefficient (Wildman–Crippen LogP) is 4.49. The third-order valence-electron chi connectivity index (χ3n) is 3.17. The van der Waals surface area contributed by atoms with E-state index in [9.17, 15) is 0 Å². The van der Waals surface area contributed by atoms with Crippen molar-refractivity contribution in [3.05, 3.63) is 16.1 Å². The maximum atomic E-state index is 4.58. The maximum Gasteiger partial charge on any atom is 0.0981 e. The summed E-state index contributed by atoms with van der Waals surface area (Å²) in [6, 6.07) is 0. The third-order valence-corrected chi connectivity index (χ3v) is 4.76. The van der Waals surface area contributed by atoms with Crippen LogP contribution in [0.1, 0.15) is 68.7 Å². The van der Waals surface area contributed by atoms with Crippen molar-refractivity contribution in [2.45, 2.75) is 64.2 Å². The minimum Gasteiger partial charge on any atom is -0.249 e. The van der Waals surface area contributed by atoms with Crippen LogP contribution in [0.3, 0.4) is 0 Å². The highest BCUT2D eigenvalue weighted by atomic mass is 32.1. The van der Waals surface area contributed by atoms with Crippen LogP contribution < -0.4 is 0 Å². The van der Waals surface area contributed by atoms with Crippen LogP contribution in [0.15, 0.2) is 6.20 Å². The van der Waals surface area contributed by atoms with Gasteiger partial charge in [-0.1, -0.05) is 40.0 Å². The molecule has 15 heavy (non-hydrogen) atoms. The molecular formula is C13H21NS. The fourth-order valence-corrected chi connectivity index (χ4v) is 3.35. The summed E-state index contributed by atoms with van der Waals surface area (Å²) in [7, 11) is 0. The minimum atomic E-state index is 0.220. The highest BCUT2D eigenvalue weighted by Gasteiger charge is 2.22. The fourth-order valence-electron chi connectivity index (χ4n) is 2.21. The molecule has 1 aromatic heterocycles. The molecule has 0 unspecified atom stereocenters. The summed E-state index contributed by atoms with van der Waals surface area (Å²) in [4.78, 5) is 6.11. The van der Waals surface area contributed by atoms with Gasteiger partial charge in [-0.2, -0.15) is 0 Å². The zero-order valence-corrected chi connectivity index (χ0v) is 10.9. The predicted molar refractivity (Wildman–Crippen MR) is 66.6 cm³/mol. The molecule has 1 aliphatic rings. The summed E-state index contributed by atoms with van der Waals surface area (Å²) < 4.78 is 0. The second kappa shape index (κ2) is 4.25. The second-order valence-corrected chi connectivity index (χ2v) is 6.71. The molecule has 1 heterocycles. The fraction of sp³-hybridized carbons (Fsp3) is 0.769. The third kappa shape index (κ3) is 2.60. The van der Waals surface area contributed by atoms with Crippen LogP contribution in [-0.4, -0.2) is 4.98 Å². The van der Waals surface area contributed by atoms with Crippen LogP contribution >= 0.6 is 11.3 Å². The van der Waals surface area contributed by atoms with Crippen molar-refractivity contribution in [3.63, 3.8) is 0 Å². The molecule has 0 radical (unpaired) electrons. The molecule has 2 rings (SSSR count). The van der Waals surface area contributed by atoms with Crippen molar-refractivity contribution in [1.82, 2.24) is 4.98 Å². The normalized spacial score (nSPS) is 19.4. The molecule has 1 saturated carbocycles. The van der Waals surface area contributed by atoms with Crippen molar-refractivity contribution in [2.24, 2.45) is 0 Å². The summed E-state index contributed by atoms with van der Waals surface area (Å²) in [6.07, 6.45) is 9.14. The molecule has 0 atom stereocenters. The average molecular weight is 223 g/mol. The van der Waals surface area contributed by atoms with E-state index in [0.29, 0.717) is 0 Å². The molecule has 1 aliphatic carbocycles. The SMILES string of the molecule is CC(C)(C)c1ncc(C2CCCCC2)s1. The highest BCUT2D eigenvalue weighted by molar-refractivity contribution is 7.11. The molecule has 2 heteroatoms. The molecule has 1 nitrogen and oxygen atoms in total. The van der Waals surface area contributed by atoms with Gasteiger partial charge in [0.1, 0.15) is 0 Å².